The van der Waals surface area contributed by atoms with Crippen LogP contribution in [0.4, 0.5) is 0 Å². The Hall–Kier alpha value is 0.0274. The van der Waals surface area contributed by atoms with Gasteiger partial charge in [-0.1, -0.05) is 258 Å². The number of hydrogen-bond acceptors (Lipinski definition) is 3. The van der Waals surface area contributed by atoms with Gasteiger partial charge in [-0.3, -0.25) is 0 Å². The topological polar surface area (TPSA) is 43.4 Å². The average molecular weight is 712 g/mol. The number of carbonyl (C=O) groups is 1. The summed E-state index contributed by atoms with van der Waals surface area (Å²) in [6.45, 7) is 7.39. The molecule has 0 saturated carbocycles. The minimum atomic E-state index is -0.901. The Labute approximate surface area is 335 Å². The molecule has 0 aromatic rings. The van der Waals surface area contributed by atoms with Crippen LogP contribution in [0.1, 0.15) is 277 Å². The number of unbranched alkanes of at least 4 members (excludes halogenated alkanes) is 38. The molecule has 0 unspecified atom stereocenters. The van der Waals surface area contributed by atoms with E-state index >= 15 is 0 Å². The normalized spacial score (nSPS) is 11.4. The van der Waals surface area contributed by atoms with E-state index < -0.39 is 5.97 Å². The van der Waals surface area contributed by atoms with Gasteiger partial charge < -0.3 is 14.8 Å². The van der Waals surface area contributed by atoms with Crippen molar-refractivity contribution >= 4 is 5.97 Å². The van der Waals surface area contributed by atoms with Gasteiger partial charge in [-0.2, -0.15) is 0 Å². The molecule has 0 N–H and O–H groups in total. The number of carboxylic acid groups (broad SMARTS) is 1. The molecule has 0 saturated heterocycles. The predicted octanol–water partition coefficient (Wildman–Crippen LogP) is 12.1. The van der Waals surface area contributed by atoms with E-state index in [2.05, 4.69) is 18.7 Å². The number of carboxylic acids is 1. The first-order valence-electron chi connectivity index (χ1n) is 23.6. The van der Waals surface area contributed by atoms with Crippen LogP contribution in [-0.4, -0.2) is 30.5 Å². The third-order valence-corrected chi connectivity index (χ3v) is 11.3. The van der Waals surface area contributed by atoms with Crippen molar-refractivity contribution in [3.8, 4) is 0 Å². The third-order valence-electron chi connectivity index (χ3n) is 11.3. The Kier molecular flexibility index (Phi) is 50.1. The molecule has 0 amide bonds. The Morgan fingerprint density at radius 3 is 0.667 bits per heavy atom. The van der Waals surface area contributed by atoms with Gasteiger partial charge in [0.15, 0.2) is 0 Å². The molecule has 300 valence electrons. The van der Waals surface area contributed by atoms with Gasteiger partial charge in [0.05, 0.1) is 0 Å². The third kappa shape index (κ3) is 48.0. The summed E-state index contributed by atoms with van der Waals surface area (Å²) in [6, 6.07) is 0. The van der Waals surface area contributed by atoms with Crippen molar-refractivity contribution < 1.29 is 28.8 Å². The zero-order valence-electron chi connectivity index (χ0n) is 35.9. The minimum absolute atomic E-state index is 0. The monoisotopic (exact) mass is 712 g/mol. The number of carbonyl (C=O) groups excluding carboxylic acids is 1. The van der Waals surface area contributed by atoms with E-state index in [9.17, 15) is 9.90 Å². The van der Waals surface area contributed by atoms with Crippen LogP contribution in [0.5, 0.6) is 0 Å². The van der Waals surface area contributed by atoms with Crippen molar-refractivity contribution in [1.29, 1.82) is 0 Å². The summed E-state index contributed by atoms with van der Waals surface area (Å²) in [4.78, 5) is 13.5. The van der Waals surface area contributed by atoms with Crippen LogP contribution in [0.25, 0.3) is 0 Å². The largest absolute Gasteiger partial charge is 1.00 e. The van der Waals surface area contributed by atoms with E-state index in [1.807, 2.05) is 0 Å². The Morgan fingerprint density at radius 2 is 0.490 bits per heavy atom. The van der Waals surface area contributed by atoms with Crippen LogP contribution in [0.3, 0.4) is 0 Å². The number of nitrogens with zero attached hydrogens (tertiary/aromatic N) is 1. The number of rotatable bonds is 45. The Bertz CT molecular complexity index is 585. The molecule has 0 aromatic heterocycles. The summed E-state index contributed by atoms with van der Waals surface area (Å²) in [6.07, 6.45) is 56.6. The Balaban J connectivity index is 0. The quantitative estimate of drug-likeness (QED) is 0.0466. The summed E-state index contributed by atoms with van der Waals surface area (Å²) in [5.74, 6) is -0.901. The number of aliphatic carboxylic acids is 1. The van der Waals surface area contributed by atoms with E-state index in [1.54, 1.807) is 0 Å². The van der Waals surface area contributed by atoms with Crippen molar-refractivity contribution in [2.45, 2.75) is 277 Å². The fourth-order valence-corrected chi connectivity index (χ4v) is 7.77. The van der Waals surface area contributed by atoms with Gasteiger partial charge in [0.25, 0.3) is 0 Å². The van der Waals surface area contributed by atoms with E-state index in [0.717, 1.165) is 13.1 Å². The second kappa shape index (κ2) is 48.0. The van der Waals surface area contributed by atoms with Crippen molar-refractivity contribution in [2.24, 2.45) is 0 Å². The van der Waals surface area contributed by atoms with Crippen molar-refractivity contribution in [3.63, 3.8) is 0 Å². The molecule has 0 spiro atoms. The fraction of sp³-hybridized carbons (Fsp3) is 0.979. The molecule has 0 aliphatic rings. The van der Waals surface area contributed by atoms with Gasteiger partial charge in [0.2, 0.25) is 0 Å². The molecule has 51 heavy (non-hydrogen) atoms. The molecule has 0 heterocycles. The molecule has 0 fully saturated rings. The predicted molar refractivity (Wildman–Crippen MR) is 222 cm³/mol. The second-order valence-corrected chi connectivity index (χ2v) is 16.4. The zero-order valence-corrected chi connectivity index (χ0v) is 35.9. The number of hydrogen-bond donors (Lipinski definition) is 0. The molecular formula is C47H94LiNO2. The molecule has 0 rings (SSSR count). The molecule has 0 aliphatic heterocycles. The Morgan fingerprint density at radius 1 is 0.314 bits per heavy atom. The van der Waals surface area contributed by atoms with E-state index in [1.165, 1.54) is 257 Å². The van der Waals surface area contributed by atoms with E-state index in [-0.39, 0.29) is 25.3 Å². The maximum absolute atomic E-state index is 11.1. The summed E-state index contributed by atoms with van der Waals surface area (Å²) in [7, 11) is 0. The van der Waals surface area contributed by atoms with Gasteiger partial charge in [0, 0.05) is 12.5 Å². The van der Waals surface area contributed by atoms with Crippen molar-refractivity contribution in [1.82, 2.24) is 4.90 Å². The molecule has 0 atom stereocenters. The molecule has 0 bridgehead atoms. The van der Waals surface area contributed by atoms with Crippen LogP contribution in [0.15, 0.2) is 0 Å². The molecule has 4 heteroatoms. The zero-order chi connectivity index (χ0) is 36.3. The standard InChI is InChI=1S/C47H95NO2.Li/c1-3-5-7-9-11-13-15-17-19-21-23-25-27-29-31-33-35-37-39-41-44-48(46-43-47(49)50)45-42-40-38-36-34-32-30-28-26-24-22-20-18-16-14-12-10-8-6-4-2;/h3-46H2,1-2H3,(H,49,50);/q;+1/p-1. The van der Waals surface area contributed by atoms with Crippen LogP contribution in [-0.2, 0) is 4.79 Å². The maximum Gasteiger partial charge on any atom is 1.00 e. The maximum atomic E-state index is 11.1. The van der Waals surface area contributed by atoms with Crippen LogP contribution >= 0.6 is 0 Å². The minimum Gasteiger partial charge on any atom is -0.550 e. The first kappa shape index (κ1) is 53.1. The summed E-state index contributed by atoms with van der Waals surface area (Å²) < 4.78 is 0. The molecular weight excluding hydrogens is 617 g/mol. The van der Waals surface area contributed by atoms with Gasteiger partial charge in [0.1, 0.15) is 0 Å². The van der Waals surface area contributed by atoms with Crippen molar-refractivity contribution in [3.05, 3.63) is 0 Å². The SMILES string of the molecule is CCCCCCCCCCCCCCCCCCCCCCN(CCCCCCCCCCCCCCCCCCCCCC)CCC(=O)[O-].[Li+]. The summed E-state index contributed by atoms with van der Waals surface area (Å²) >= 11 is 0. The first-order chi connectivity index (χ1) is 24.7. The van der Waals surface area contributed by atoms with Gasteiger partial charge in [-0.15, -0.1) is 0 Å². The second-order valence-electron chi connectivity index (χ2n) is 16.4. The van der Waals surface area contributed by atoms with Crippen LogP contribution < -0.4 is 24.0 Å². The fourth-order valence-electron chi connectivity index (χ4n) is 7.77. The molecule has 0 aromatic carbocycles. The summed E-state index contributed by atoms with van der Waals surface area (Å²) in [5.41, 5.74) is 0. The van der Waals surface area contributed by atoms with Gasteiger partial charge >= 0.3 is 18.9 Å². The summed E-state index contributed by atoms with van der Waals surface area (Å²) in [5, 5.41) is 11.1. The smallest absolute Gasteiger partial charge is 0.550 e. The molecule has 0 radical (unpaired) electrons. The average Bonchev–Trinajstić information content (AvgIpc) is 3.11. The van der Waals surface area contributed by atoms with Crippen LogP contribution in [0, 0.1) is 0 Å². The van der Waals surface area contributed by atoms with Gasteiger partial charge in [-0.25, -0.2) is 0 Å². The van der Waals surface area contributed by atoms with E-state index in [4.69, 9.17) is 0 Å². The van der Waals surface area contributed by atoms with Gasteiger partial charge in [-0.05, 0) is 32.4 Å². The van der Waals surface area contributed by atoms with E-state index in [0.29, 0.717) is 6.54 Å². The van der Waals surface area contributed by atoms with Crippen molar-refractivity contribution in [2.75, 3.05) is 19.6 Å². The molecule has 0 aliphatic carbocycles. The first-order valence-corrected chi connectivity index (χ1v) is 23.6. The molecule has 3 nitrogen and oxygen atoms in total. The van der Waals surface area contributed by atoms with Crippen LogP contribution in [0.2, 0.25) is 0 Å².